The monoisotopic (exact) mass is 316 g/mol. The molecule has 7 heteroatoms. The summed E-state index contributed by atoms with van der Waals surface area (Å²) in [7, 11) is 1.55. The van der Waals surface area contributed by atoms with Crippen molar-refractivity contribution in [2.75, 3.05) is 7.11 Å². The van der Waals surface area contributed by atoms with Crippen LogP contribution in [-0.4, -0.2) is 33.9 Å². The minimum atomic E-state index is -0.954. The summed E-state index contributed by atoms with van der Waals surface area (Å²) in [4.78, 5) is 16.6. The maximum atomic E-state index is 12.7. The number of nitrogens with one attached hydrogen (secondary N) is 1. The first-order valence-corrected chi connectivity index (χ1v) is 7.10. The molecule has 23 heavy (non-hydrogen) atoms. The van der Waals surface area contributed by atoms with Gasteiger partial charge in [0.1, 0.15) is 24.2 Å². The van der Waals surface area contributed by atoms with Crippen molar-refractivity contribution in [1.82, 2.24) is 14.8 Å². The maximum Gasteiger partial charge on any atom is 0.252 e. The highest BCUT2D eigenvalue weighted by Gasteiger charge is 2.33. The van der Waals surface area contributed by atoms with Gasteiger partial charge >= 0.3 is 0 Å². The molecular weight excluding hydrogens is 296 g/mol. The number of ether oxygens (including phenoxy) is 2. The van der Waals surface area contributed by atoms with Crippen molar-refractivity contribution in [1.29, 1.82) is 5.41 Å². The Hall–Kier alpha value is -2.70. The first-order valence-electron chi connectivity index (χ1n) is 7.10. The van der Waals surface area contributed by atoms with Crippen molar-refractivity contribution < 1.29 is 14.3 Å². The normalized spacial score (nSPS) is 12.5. The van der Waals surface area contributed by atoms with Crippen LogP contribution in [0.3, 0.4) is 0 Å². The molecule has 1 aromatic heterocycles. The molecule has 0 fully saturated rings. The lowest BCUT2D eigenvalue weighted by Gasteiger charge is -2.25. The molecule has 1 aromatic carbocycles. The van der Waals surface area contributed by atoms with E-state index in [1.54, 1.807) is 25.3 Å². The van der Waals surface area contributed by atoms with E-state index < -0.39 is 11.6 Å². The Labute approximate surface area is 134 Å². The van der Waals surface area contributed by atoms with Gasteiger partial charge in [-0.3, -0.25) is 4.79 Å². The predicted octanol–water partition coefficient (Wildman–Crippen LogP) is 2.48. The summed E-state index contributed by atoms with van der Waals surface area (Å²) in [6.45, 7) is 5.44. The number of methoxy groups -OCH3 is 1. The van der Waals surface area contributed by atoms with Gasteiger partial charge in [-0.2, -0.15) is 5.10 Å². The highest BCUT2D eigenvalue weighted by atomic mass is 16.5. The Morgan fingerprint density at radius 1 is 1.39 bits per heavy atom. The fraction of sp³-hybridized carbons (Fsp3) is 0.375. The van der Waals surface area contributed by atoms with Gasteiger partial charge < -0.3 is 14.9 Å². The van der Waals surface area contributed by atoms with E-state index in [1.165, 1.54) is 17.3 Å². The summed E-state index contributed by atoms with van der Waals surface area (Å²) < 4.78 is 12.4. The average Bonchev–Trinajstić information content (AvgIpc) is 3.05. The molecule has 1 atom stereocenters. The Morgan fingerprint density at radius 2 is 2.13 bits per heavy atom. The largest absolute Gasteiger partial charge is 0.497 e. The third kappa shape index (κ3) is 3.74. The molecule has 0 spiro atoms. The van der Waals surface area contributed by atoms with E-state index in [4.69, 9.17) is 14.9 Å². The van der Waals surface area contributed by atoms with Crippen molar-refractivity contribution >= 4 is 12.0 Å². The first kappa shape index (κ1) is 16.7. The van der Waals surface area contributed by atoms with Crippen molar-refractivity contribution in [3.05, 3.63) is 36.4 Å². The third-order valence-electron chi connectivity index (χ3n) is 3.25. The molecule has 0 saturated heterocycles. The molecule has 1 unspecified atom stereocenters. The van der Waals surface area contributed by atoms with Gasteiger partial charge in [0.2, 0.25) is 5.78 Å². The molecular formula is C16H20N4O3. The zero-order chi connectivity index (χ0) is 17.0. The molecule has 0 amide bonds. The number of carbonyl (C=O) groups is 1. The Bertz CT molecular complexity index is 690. The molecule has 7 nitrogen and oxygen atoms in total. The number of benzene rings is 1. The van der Waals surface area contributed by atoms with Crippen molar-refractivity contribution in [2.24, 2.45) is 5.41 Å². The molecule has 0 saturated carbocycles. The van der Waals surface area contributed by atoms with Crippen LogP contribution >= 0.6 is 0 Å². The molecule has 2 aromatic rings. The lowest BCUT2D eigenvalue weighted by atomic mass is 9.90. The quantitative estimate of drug-likeness (QED) is 0.827. The van der Waals surface area contributed by atoms with Gasteiger partial charge in [0, 0.05) is 17.2 Å². The van der Waals surface area contributed by atoms with Crippen LogP contribution in [0, 0.1) is 10.8 Å². The Morgan fingerprint density at radius 3 is 2.65 bits per heavy atom. The van der Waals surface area contributed by atoms with Crippen LogP contribution < -0.4 is 9.47 Å². The van der Waals surface area contributed by atoms with Gasteiger partial charge in [-0.05, 0) is 18.2 Å². The average molecular weight is 316 g/mol. The number of hydrogen-bond acceptors (Lipinski definition) is 6. The molecule has 1 N–H and O–H groups in total. The maximum absolute atomic E-state index is 12.7. The molecule has 122 valence electrons. The summed E-state index contributed by atoms with van der Waals surface area (Å²) in [5.74, 6) is 0.865. The molecule has 2 rings (SSSR count). The van der Waals surface area contributed by atoms with Crippen LogP contribution in [0.4, 0.5) is 0 Å². The molecule has 0 radical (unpaired) electrons. The van der Waals surface area contributed by atoms with E-state index in [2.05, 4.69) is 10.1 Å². The van der Waals surface area contributed by atoms with E-state index in [0.29, 0.717) is 17.1 Å². The summed E-state index contributed by atoms with van der Waals surface area (Å²) in [5.41, 5.74) is -0.107. The highest BCUT2D eigenvalue weighted by molar-refractivity contribution is 5.87. The number of aromatic nitrogens is 3. The van der Waals surface area contributed by atoms with Gasteiger partial charge in [0.05, 0.1) is 7.11 Å². The lowest BCUT2D eigenvalue weighted by molar-refractivity contribution is -0.138. The fourth-order valence-electron chi connectivity index (χ4n) is 1.93. The van der Waals surface area contributed by atoms with E-state index in [1.807, 2.05) is 20.8 Å². The SMILES string of the molecule is COc1ccc(OC(C(=O)C(C)(C)C)n2cncn2)c(C=N)c1. The number of nitrogens with zero attached hydrogens (tertiary/aromatic N) is 3. The molecule has 0 bridgehead atoms. The Kier molecular flexibility index (Phi) is 4.78. The molecule has 0 aliphatic carbocycles. The topological polar surface area (TPSA) is 90.1 Å². The van der Waals surface area contributed by atoms with Crippen LogP contribution in [0.5, 0.6) is 11.5 Å². The zero-order valence-electron chi connectivity index (χ0n) is 13.6. The molecule has 0 aliphatic heterocycles. The zero-order valence-corrected chi connectivity index (χ0v) is 13.6. The summed E-state index contributed by atoms with van der Waals surface area (Å²) in [6, 6.07) is 5.05. The summed E-state index contributed by atoms with van der Waals surface area (Å²) >= 11 is 0. The van der Waals surface area contributed by atoms with Gasteiger partial charge in [0.15, 0.2) is 0 Å². The smallest absolute Gasteiger partial charge is 0.252 e. The summed E-state index contributed by atoms with van der Waals surface area (Å²) in [5, 5.41) is 11.5. The number of ketones is 1. The summed E-state index contributed by atoms with van der Waals surface area (Å²) in [6.07, 6.45) is 2.97. The van der Waals surface area contributed by atoms with E-state index in [9.17, 15) is 4.79 Å². The van der Waals surface area contributed by atoms with Crippen molar-refractivity contribution in [2.45, 2.75) is 27.0 Å². The minimum absolute atomic E-state index is 0.144. The van der Waals surface area contributed by atoms with Gasteiger partial charge in [-0.15, -0.1) is 0 Å². The third-order valence-corrected chi connectivity index (χ3v) is 3.25. The number of hydrogen-bond donors (Lipinski definition) is 1. The standard InChI is InChI=1S/C16H20N4O3/c1-16(2,3)14(21)15(20-10-18-9-19-20)23-13-6-5-12(22-4)7-11(13)8-17/h5-10,15,17H,1-4H3. The van der Waals surface area contributed by atoms with Gasteiger partial charge in [0.25, 0.3) is 6.23 Å². The second-order valence-corrected chi connectivity index (χ2v) is 6.01. The van der Waals surface area contributed by atoms with Crippen LogP contribution in [-0.2, 0) is 4.79 Å². The van der Waals surface area contributed by atoms with Crippen LogP contribution in [0.15, 0.2) is 30.9 Å². The molecule has 1 heterocycles. The number of rotatable bonds is 6. The molecule has 0 aliphatic rings. The van der Waals surface area contributed by atoms with Crippen LogP contribution in [0.2, 0.25) is 0 Å². The van der Waals surface area contributed by atoms with Crippen LogP contribution in [0.25, 0.3) is 0 Å². The van der Waals surface area contributed by atoms with E-state index in [0.717, 1.165) is 6.21 Å². The van der Waals surface area contributed by atoms with Gasteiger partial charge in [-0.1, -0.05) is 20.8 Å². The number of carbonyl (C=O) groups excluding carboxylic acids is 1. The fourth-order valence-corrected chi connectivity index (χ4v) is 1.93. The second kappa shape index (κ2) is 6.60. The minimum Gasteiger partial charge on any atom is -0.497 e. The van der Waals surface area contributed by atoms with Gasteiger partial charge in [-0.25, -0.2) is 9.67 Å². The predicted molar refractivity (Wildman–Crippen MR) is 85.0 cm³/mol. The highest BCUT2D eigenvalue weighted by Crippen LogP contribution is 2.29. The van der Waals surface area contributed by atoms with Crippen molar-refractivity contribution in [3.63, 3.8) is 0 Å². The lowest BCUT2D eigenvalue weighted by Crippen LogP contribution is -2.34. The van der Waals surface area contributed by atoms with E-state index >= 15 is 0 Å². The van der Waals surface area contributed by atoms with E-state index in [-0.39, 0.29) is 5.78 Å². The Balaban J connectivity index is 2.39. The number of Topliss-reactive ketones (excluding diaryl/α,β-unsaturated/α-hetero) is 1. The first-order chi connectivity index (χ1) is 10.9. The van der Waals surface area contributed by atoms with Crippen LogP contribution in [0.1, 0.15) is 32.6 Å². The van der Waals surface area contributed by atoms with Crippen molar-refractivity contribution in [3.8, 4) is 11.5 Å². The second-order valence-electron chi connectivity index (χ2n) is 6.01.